The normalized spacial score (nSPS) is 12.2. The Morgan fingerprint density at radius 1 is 1.15 bits per heavy atom. The van der Waals surface area contributed by atoms with Gasteiger partial charge < -0.3 is 9.26 Å². The molecule has 0 amide bonds. The van der Waals surface area contributed by atoms with E-state index in [1.165, 1.54) is 6.07 Å². The number of benzene rings is 1. The fourth-order valence-electron chi connectivity index (χ4n) is 1.28. The molecule has 0 radical (unpaired) electrons. The minimum Gasteiger partial charge on any atom is -0.406 e. The zero-order chi connectivity index (χ0) is 14.8. The number of nitrogens with zero attached hydrogens (tertiary/aromatic N) is 1. The van der Waals surface area contributed by atoms with Crippen molar-refractivity contribution in [3.05, 3.63) is 36.6 Å². The Labute approximate surface area is 111 Å². The standard InChI is InChI=1S/C10H7F3N2O4S/c11-10(12,13)19-7-1-3-8(4-2-7)20(16,17)15-9-5-6-18-14-9/h1-6H,(H,14,15). The van der Waals surface area contributed by atoms with Crippen LogP contribution in [0.15, 0.2) is 46.0 Å². The topological polar surface area (TPSA) is 81.4 Å². The molecule has 1 heterocycles. The van der Waals surface area contributed by atoms with Crippen molar-refractivity contribution in [1.29, 1.82) is 0 Å². The fraction of sp³-hybridized carbons (Fsp3) is 0.100. The van der Waals surface area contributed by atoms with Crippen molar-refractivity contribution >= 4 is 15.8 Å². The van der Waals surface area contributed by atoms with Crippen LogP contribution in [0.3, 0.4) is 0 Å². The summed E-state index contributed by atoms with van der Waals surface area (Å²) in [5.74, 6) is -0.557. The number of aromatic nitrogens is 1. The molecule has 0 bridgehead atoms. The molecule has 2 aromatic rings. The highest BCUT2D eigenvalue weighted by atomic mass is 32.2. The van der Waals surface area contributed by atoms with Gasteiger partial charge in [0.05, 0.1) is 4.90 Å². The number of ether oxygens (including phenoxy) is 1. The maximum atomic E-state index is 12.0. The van der Waals surface area contributed by atoms with Crippen molar-refractivity contribution in [2.45, 2.75) is 11.3 Å². The third-order valence-corrected chi connectivity index (χ3v) is 3.42. The van der Waals surface area contributed by atoms with Gasteiger partial charge in [0.2, 0.25) is 0 Å². The monoisotopic (exact) mass is 308 g/mol. The van der Waals surface area contributed by atoms with Crippen molar-refractivity contribution in [3.63, 3.8) is 0 Å². The van der Waals surface area contributed by atoms with Crippen molar-refractivity contribution in [1.82, 2.24) is 5.16 Å². The quantitative estimate of drug-likeness (QED) is 0.937. The number of hydrogen-bond acceptors (Lipinski definition) is 5. The molecule has 0 saturated heterocycles. The van der Waals surface area contributed by atoms with E-state index >= 15 is 0 Å². The smallest absolute Gasteiger partial charge is 0.406 e. The molecule has 1 aromatic heterocycles. The average Bonchev–Trinajstić information content (AvgIpc) is 2.79. The lowest BCUT2D eigenvalue weighted by atomic mass is 10.3. The molecule has 0 saturated carbocycles. The first-order valence-electron chi connectivity index (χ1n) is 5.05. The molecule has 0 fully saturated rings. The van der Waals surface area contributed by atoms with Crippen LogP contribution in [0.2, 0.25) is 0 Å². The lowest BCUT2D eigenvalue weighted by molar-refractivity contribution is -0.274. The van der Waals surface area contributed by atoms with Gasteiger partial charge in [0, 0.05) is 6.07 Å². The molecule has 0 spiro atoms. The SMILES string of the molecule is O=S(=O)(Nc1ccon1)c1ccc(OC(F)(F)F)cc1. The van der Waals surface area contributed by atoms with Gasteiger partial charge >= 0.3 is 6.36 Å². The number of halogens is 3. The summed E-state index contributed by atoms with van der Waals surface area (Å²) in [5.41, 5.74) is 0. The maximum absolute atomic E-state index is 12.0. The van der Waals surface area contributed by atoms with Crippen LogP contribution >= 0.6 is 0 Å². The molecule has 2 rings (SSSR count). The Kier molecular flexibility index (Phi) is 3.57. The van der Waals surface area contributed by atoms with Crippen molar-refractivity contribution in [2.75, 3.05) is 4.72 Å². The van der Waals surface area contributed by atoms with E-state index in [0.717, 1.165) is 30.5 Å². The minimum atomic E-state index is -4.83. The predicted octanol–water partition coefficient (Wildman–Crippen LogP) is 2.37. The van der Waals surface area contributed by atoms with Crippen LogP contribution in [-0.2, 0) is 10.0 Å². The summed E-state index contributed by atoms with van der Waals surface area (Å²) in [6.45, 7) is 0. The Morgan fingerprint density at radius 2 is 1.80 bits per heavy atom. The van der Waals surface area contributed by atoms with Crippen molar-refractivity contribution < 1.29 is 30.8 Å². The van der Waals surface area contributed by atoms with E-state index in [1.807, 2.05) is 0 Å². The Morgan fingerprint density at radius 3 is 2.30 bits per heavy atom. The fourth-order valence-corrected chi connectivity index (χ4v) is 2.28. The molecule has 20 heavy (non-hydrogen) atoms. The maximum Gasteiger partial charge on any atom is 0.573 e. The second-order valence-corrected chi connectivity index (χ2v) is 5.19. The van der Waals surface area contributed by atoms with Gasteiger partial charge in [-0.1, -0.05) is 5.16 Å². The summed E-state index contributed by atoms with van der Waals surface area (Å²) in [5, 5.41) is 3.35. The van der Waals surface area contributed by atoms with E-state index in [4.69, 9.17) is 0 Å². The number of rotatable bonds is 4. The molecule has 0 aliphatic rings. The number of anilines is 1. The van der Waals surface area contributed by atoms with Gasteiger partial charge in [-0.05, 0) is 24.3 Å². The lowest BCUT2D eigenvalue weighted by Gasteiger charge is -2.09. The van der Waals surface area contributed by atoms with Crippen LogP contribution in [-0.4, -0.2) is 19.9 Å². The molecule has 6 nitrogen and oxygen atoms in total. The van der Waals surface area contributed by atoms with Gasteiger partial charge in [0.15, 0.2) is 5.82 Å². The summed E-state index contributed by atoms with van der Waals surface area (Å²) >= 11 is 0. The summed E-state index contributed by atoms with van der Waals surface area (Å²) in [7, 11) is -3.95. The molecule has 0 aliphatic heterocycles. The molecular weight excluding hydrogens is 301 g/mol. The van der Waals surface area contributed by atoms with Crippen LogP contribution in [0.4, 0.5) is 19.0 Å². The first-order valence-corrected chi connectivity index (χ1v) is 6.54. The lowest BCUT2D eigenvalue weighted by Crippen LogP contribution is -2.17. The molecular formula is C10H7F3N2O4S. The summed E-state index contributed by atoms with van der Waals surface area (Å²) < 4.78 is 69.7. The van der Waals surface area contributed by atoms with Crippen LogP contribution < -0.4 is 9.46 Å². The zero-order valence-corrected chi connectivity index (χ0v) is 10.4. The Balaban J connectivity index is 2.17. The molecule has 1 aromatic carbocycles. The number of sulfonamides is 1. The van der Waals surface area contributed by atoms with E-state index < -0.39 is 22.1 Å². The van der Waals surface area contributed by atoms with Crippen LogP contribution in [0.1, 0.15) is 0 Å². The first kappa shape index (κ1) is 14.2. The zero-order valence-electron chi connectivity index (χ0n) is 9.59. The molecule has 10 heteroatoms. The van der Waals surface area contributed by atoms with Crippen LogP contribution in [0, 0.1) is 0 Å². The molecule has 108 valence electrons. The number of alkyl halides is 3. The minimum absolute atomic E-state index is 0.0411. The number of hydrogen-bond donors (Lipinski definition) is 1. The van der Waals surface area contributed by atoms with Gasteiger partial charge in [-0.25, -0.2) is 8.42 Å². The molecule has 0 aliphatic carbocycles. The summed E-state index contributed by atoms with van der Waals surface area (Å²) in [6.07, 6.45) is -3.67. The summed E-state index contributed by atoms with van der Waals surface area (Å²) in [6, 6.07) is 5.02. The van der Waals surface area contributed by atoms with E-state index in [0.29, 0.717) is 0 Å². The Bertz CT molecular complexity index is 666. The highest BCUT2D eigenvalue weighted by Gasteiger charge is 2.31. The van der Waals surface area contributed by atoms with E-state index in [-0.39, 0.29) is 10.7 Å². The molecule has 0 atom stereocenters. The largest absolute Gasteiger partial charge is 0.573 e. The van der Waals surface area contributed by atoms with Crippen LogP contribution in [0.5, 0.6) is 5.75 Å². The van der Waals surface area contributed by atoms with E-state index in [2.05, 4.69) is 19.1 Å². The van der Waals surface area contributed by atoms with Gasteiger partial charge in [0.25, 0.3) is 10.0 Å². The third-order valence-electron chi connectivity index (χ3n) is 2.04. The van der Waals surface area contributed by atoms with E-state index in [9.17, 15) is 21.6 Å². The van der Waals surface area contributed by atoms with E-state index in [1.54, 1.807) is 0 Å². The third kappa shape index (κ3) is 3.63. The molecule has 1 N–H and O–H groups in total. The van der Waals surface area contributed by atoms with Crippen LogP contribution in [0.25, 0.3) is 0 Å². The van der Waals surface area contributed by atoms with Gasteiger partial charge in [-0.3, -0.25) is 4.72 Å². The predicted molar refractivity (Wildman–Crippen MR) is 60.4 cm³/mol. The van der Waals surface area contributed by atoms with Gasteiger partial charge in [0.1, 0.15) is 12.0 Å². The van der Waals surface area contributed by atoms with Gasteiger partial charge in [-0.15, -0.1) is 13.2 Å². The Hall–Kier alpha value is -2.23. The summed E-state index contributed by atoms with van der Waals surface area (Å²) in [4.78, 5) is -0.241. The first-order chi connectivity index (χ1) is 9.26. The van der Waals surface area contributed by atoms with Gasteiger partial charge in [-0.2, -0.15) is 0 Å². The molecule has 0 unspecified atom stereocenters. The number of nitrogens with one attached hydrogen (secondary N) is 1. The highest BCUT2D eigenvalue weighted by Crippen LogP contribution is 2.24. The van der Waals surface area contributed by atoms with Crippen molar-refractivity contribution in [2.24, 2.45) is 0 Å². The average molecular weight is 308 g/mol. The van der Waals surface area contributed by atoms with Crippen molar-refractivity contribution in [3.8, 4) is 5.75 Å². The highest BCUT2D eigenvalue weighted by molar-refractivity contribution is 7.92. The second kappa shape index (κ2) is 5.04. The second-order valence-electron chi connectivity index (χ2n) is 3.51.